The average molecular weight is 291 g/mol. The zero-order valence-electron chi connectivity index (χ0n) is 11.3. The first-order chi connectivity index (χ1) is 9.60. The molecule has 0 atom stereocenters. The van der Waals surface area contributed by atoms with Crippen LogP contribution in [0.3, 0.4) is 0 Å². The monoisotopic (exact) mass is 291 g/mol. The Morgan fingerprint density at radius 2 is 2.20 bits per heavy atom. The van der Waals surface area contributed by atoms with Crippen LogP contribution in [0.5, 0.6) is 5.75 Å². The predicted molar refractivity (Wildman–Crippen MR) is 80.2 cm³/mol. The third-order valence-electron chi connectivity index (χ3n) is 3.76. The maximum absolute atomic E-state index is 12.2. The number of carbonyl (C=O) groups excluding carboxylic acids is 1. The van der Waals surface area contributed by atoms with E-state index in [4.69, 9.17) is 10.5 Å². The minimum absolute atomic E-state index is 0.124. The fourth-order valence-corrected chi connectivity index (χ4v) is 3.43. The number of nitrogens with one attached hydrogen (secondary N) is 1. The van der Waals surface area contributed by atoms with E-state index in [-0.39, 0.29) is 5.91 Å². The lowest BCUT2D eigenvalue weighted by atomic mass is 9.98. The number of carbonyl (C=O) groups is 1. The predicted octanol–water partition coefficient (Wildman–Crippen LogP) is 2.51. The zero-order chi connectivity index (χ0) is 14.2. The Labute approximate surface area is 121 Å². The maximum atomic E-state index is 12.2. The van der Waals surface area contributed by atoms with E-state index in [0.717, 1.165) is 41.6 Å². The van der Waals surface area contributed by atoms with Gasteiger partial charge >= 0.3 is 0 Å². The van der Waals surface area contributed by atoms with Crippen LogP contribution in [0.15, 0.2) is 18.2 Å². The molecule has 1 aliphatic rings. The number of nitrogens with two attached hydrogens (primary N) is 1. The van der Waals surface area contributed by atoms with Gasteiger partial charge in [-0.2, -0.15) is 0 Å². The van der Waals surface area contributed by atoms with E-state index < -0.39 is 5.54 Å². The highest BCUT2D eigenvalue weighted by atomic mass is 32.1. The Balaban J connectivity index is 1.82. The molecule has 1 saturated carbocycles. The van der Waals surface area contributed by atoms with Gasteiger partial charge in [0, 0.05) is 0 Å². The number of aromatic nitrogens is 1. The van der Waals surface area contributed by atoms with E-state index in [1.807, 2.05) is 18.2 Å². The smallest absolute Gasteiger partial charge is 0.246 e. The number of thiazole rings is 1. The van der Waals surface area contributed by atoms with Gasteiger partial charge in [0.1, 0.15) is 5.75 Å². The van der Waals surface area contributed by atoms with Crippen molar-refractivity contribution in [3.05, 3.63) is 18.2 Å². The van der Waals surface area contributed by atoms with Gasteiger partial charge in [-0.3, -0.25) is 4.79 Å². The second kappa shape index (κ2) is 5.03. The van der Waals surface area contributed by atoms with Crippen molar-refractivity contribution in [2.75, 3.05) is 12.4 Å². The molecule has 1 amide bonds. The first kappa shape index (κ1) is 13.3. The van der Waals surface area contributed by atoms with Gasteiger partial charge in [-0.15, -0.1) is 0 Å². The summed E-state index contributed by atoms with van der Waals surface area (Å²) in [6.07, 6.45) is 3.52. The zero-order valence-corrected chi connectivity index (χ0v) is 12.1. The summed E-state index contributed by atoms with van der Waals surface area (Å²) in [4.78, 5) is 16.6. The Morgan fingerprint density at radius 1 is 1.45 bits per heavy atom. The highest BCUT2D eigenvalue weighted by Gasteiger charge is 2.37. The number of hydrogen-bond acceptors (Lipinski definition) is 5. The number of benzene rings is 1. The summed E-state index contributed by atoms with van der Waals surface area (Å²) in [5.74, 6) is 0.658. The standard InChI is InChI=1S/C14H17N3O2S/c1-19-9-4-5-10-11(8-9)20-13(16-10)17-12(18)14(15)6-2-3-7-14/h4-5,8H,2-3,6-7,15H2,1H3,(H,16,17,18). The molecule has 1 aromatic heterocycles. The topological polar surface area (TPSA) is 77.2 Å². The van der Waals surface area contributed by atoms with Crippen LogP contribution < -0.4 is 15.8 Å². The van der Waals surface area contributed by atoms with E-state index in [1.54, 1.807) is 7.11 Å². The highest BCUT2D eigenvalue weighted by molar-refractivity contribution is 7.22. The van der Waals surface area contributed by atoms with E-state index in [0.29, 0.717) is 5.13 Å². The fourth-order valence-electron chi connectivity index (χ4n) is 2.54. The molecule has 6 heteroatoms. The number of hydrogen-bond donors (Lipinski definition) is 2. The van der Waals surface area contributed by atoms with E-state index in [1.165, 1.54) is 11.3 Å². The van der Waals surface area contributed by atoms with Crippen molar-refractivity contribution < 1.29 is 9.53 Å². The Morgan fingerprint density at radius 3 is 2.90 bits per heavy atom. The number of ether oxygens (including phenoxy) is 1. The Hall–Kier alpha value is -1.66. The summed E-state index contributed by atoms with van der Waals surface area (Å²) < 4.78 is 6.16. The third kappa shape index (κ3) is 2.36. The molecule has 0 spiro atoms. The van der Waals surface area contributed by atoms with E-state index in [2.05, 4.69) is 10.3 Å². The molecule has 5 nitrogen and oxygen atoms in total. The van der Waals surface area contributed by atoms with Crippen LogP contribution in [-0.2, 0) is 4.79 Å². The van der Waals surface area contributed by atoms with Crippen molar-refractivity contribution in [1.82, 2.24) is 4.98 Å². The van der Waals surface area contributed by atoms with Gasteiger partial charge in [0.25, 0.3) is 0 Å². The van der Waals surface area contributed by atoms with Gasteiger partial charge in [0.05, 0.1) is 22.9 Å². The van der Waals surface area contributed by atoms with Gasteiger partial charge in [0.15, 0.2) is 5.13 Å². The molecule has 2 aromatic rings. The minimum atomic E-state index is -0.727. The average Bonchev–Trinajstić information content (AvgIpc) is 3.04. The largest absolute Gasteiger partial charge is 0.497 e. The van der Waals surface area contributed by atoms with Crippen molar-refractivity contribution in [3.63, 3.8) is 0 Å². The molecule has 1 aromatic carbocycles. The molecule has 0 saturated heterocycles. The molecule has 1 heterocycles. The molecule has 20 heavy (non-hydrogen) atoms. The first-order valence-electron chi connectivity index (χ1n) is 6.66. The number of anilines is 1. The Bertz CT molecular complexity index is 647. The molecule has 3 rings (SSSR count). The van der Waals surface area contributed by atoms with E-state index in [9.17, 15) is 4.79 Å². The second-order valence-electron chi connectivity index (χ2n) is 5.17. The van der Waals surface area contributed by atoms with Crippen LogP contribution in [-0.4, -0.2) is 23.5 Å². The molecule has 0 aliphatic heterocycles. The van der Waals surface area contributed by atoms with Crippen molar-refractivity contribution in [3.8, 4) is 5.75 Å². The van der Waals surface area contributed by atoms with Crippen LogP contribution >= 0.6 is 11.3 Å². The third-order valence-corrected chi connectivity index (χ3v) is 4.70. The van der Waals surface area contributed by atoms with Gasteiger partial charge in [-0.1, -0.05) is 24.2 Å². The molecule has 106 valence electrons. The van der Waals surface area contributed by atoms with Crippen molar-refractivity contribution in [1.29, 1.82) is 0 Å². The van der Waals surface area contributed by atoms with Crippen LogP contribution in [0.25, 0.3) is 10.2 Å². The normalized spacial score (nSPS) is 17.3. The lowest BCUT2D eigenvalue weighted by Crippen LogP contribution is -2.48. The molecular weight excluding hydrogens is 274 g/mol. The summed E-state index contributed by atoms with van der Waals surface area (Å²) >= 11 is 1.43. The maximum Gasteiger partial charge on any atom is 0.246 e. The van der Waals surface area contributed by atoms with Gasteiger partial charge in [0.2, 0.25) is 5.91 Å². The lowest BCUT2D eigenvalue weighted by molar-refractivity contribution is -0.120. The molecule has 0 bridgehead atoms. The Kier molecular flexibility index (Phi) is 3.35. The van der Waals surface area contributed by atoms with Gasteiger partial charge < -0.3 is 15.8 Å². The molecule has 1 fully saturated rings. The van der Waals surface area contributed by atoms with E-state index >= 15 is 0 Å². The number of methoxy groups -OCH3 is 1. The number of rotatable bonds is 3. The number of nitrogens with zero attached hydrogens (tertiary/aromatic N) is 1. The number of fused-ring (bicyclic) bond motifs is 1. The molecule has 1 aliphatic carbocycles. The number of amides is 1. The van der Waals surface area contributed by atoms with Gasteiger partial charge in [-0.05, 0) is 31.0 Å². The van der Waals surface area contributed by atoms with Crippen LogP contribution in [0.1, 0.15) is 25.7 Å². The van der Waals surface area contributed by atoms with Gasteiger partial charge in [-0.25, -0.2) is 4.98 Å². The highest BCUT2D eigenvalue weighted by Crippen LogP contribution is 2.32. The van der Waals surface area contributed by atoms with Crippen molar-refractivity contribution in [2.24, 2.45) is 5.73 Å². The van der Waals surface area contributed by atoms with Crippen LogP contribution in [0, 0.1) is 0 Å². The lowest BCUT2D eigenvalue weighted by Gasteiger charge is -2.21. The second-order valence-corrected chi connectivity index (χ2v) is 6.20. The minimum Gasteiger partial charge on any atom is -0.497 e. The first-order valence-corrected chi connectivity index (χ1v) is 7.47. The summed E-state index contributed by atoms with van der Waals surface area (Å²) in [5, 5.41) is 3.45. The summed E-state index contributed by atoms with van der Waals surface area (Å²) in [5.41, 5.74) is 6.26. The van der Waals surface area contributed by atoms with Crippen molar-refractivity contribution >= 4 is 32.6 Å². The SMILES string of the molecule is COc1ccc2nc(NC(=O)C3(N)CCCC3)sc2c1. The quantitative estimate of drug-likeness (QED) is 0.911. The summed E-state index contributed by atoms with van der Waals surface area (Å²) in [6.45, 7) is 0. The summed E-state index contributed by atoms with van der Waals surface area (Å²) in [6, 6.07) is 5.65. The van der Waals surface area contributed by atoms with Crippen LogP contribution in [0.2, 0.25) is 0 Å². The molecule has 0 radical (unpaired) electrons. The molecule has 3 N–H and O–H groups in total. The fraction of sp³-hybridized carbons (Fsp3) is 0.429. The molecular formula is C14H17N3O2S. The molecule has 0 unspecified atom stereocenters. The van der Waals surface area contributed by atoms with Crippen LogP contribution in [0.4, 0.5) is 5.13 Å². The van der Waals surface area contributed by atoms with Crippen molar-refractivity contribution in [2.45, 2.75) is 31.2 Å². The summed E-state index contributed by atoms with van der Waals surface area (Å²) in [7, 11) is 1.63.